The van der Waals surface area contributed by atoms with Crippen molar-refractivity contribution >= 4 is 113 Å². The summed E-state index contributed by atoms with van der Waals surface area (Å²) in [5.41, 5.74) is 17.7. The van der Waals surface area contributed by atoms with Gasteiger partial charge in [0.15, 0.2) is 0 Å². The van der Waals surface area contributed by atoms with E-state index >= 15 is 0 Å². The highest BCUT2D eigenvalue weighted by atomic mass is 32.2. The van der Waals surface area contributed by atoms with E-state index in [1.54, 1.807) is 53.2 Å². The van der Waals surface area contributed by atoms with Crippen LogP contribution in [-0.4, -0.2) is 283 Å². The number of piperazine rings is 2. The van der Waals surface area contributed by atoms with Crippen molar-refractivity contribution in [1.29, 1.82) is 0 Å². The summed E-state index contributed by atoms with van der Waals surface area (Å²) in [5, 5.41) is 32.4. The van der Waals surface area contributed by atoms with Gasteiger partial charge in [-0.05, 0) is 290 Å². The molecule has 4 saturated carbocycles. The molecule has 5 aromatic carbocycles. The fourth-order valence-electron chi connectivity index (χ4n) is 20.4. The van der Waals surface area contributed by atoms with E-state index in [2.05, 4.69) is 133 Å². The average Bonchev–Trinajstić information content (AvgIpc) is 1.56. The van der Waals surface area contributed by atoms with Crippen molar-refractivity contribution in [2.75, 3.05) is 116 Å². The Balaban J connectivity index is 0.000000165. The van der Waals surface area contributed by atoms with Gasteiger partial charge in [-0.15, -0.1) is 5.10 Å². The van der Waals surface area contributed by atoms with Crippen molar-refractivity contribution in [3.05, 3.63) is 164 Å². The number of hydrogen-bond acceptors (Lipinski definition) is 20. The van der Waals surface area contributed by atoms with Crippen molar-refractivity contribution in [3.63, 3.8) is 0 Å². The van der Waals surface area contributed by atoms with E-state index < -0.39 is 55.6 Å². The number of amides is 3. The lowest BCUT2D eigenvalue weighted by Gasteiger charge is -2.42. The second kappa shape index (κ2) is 45.3. The maximum atomic E-state index is 14.9. The highest BCUT2D eigenvalue weighted by molar-refractivity contribution is 7.90. The molecule has 0 unspecified atom stereocenters. The van der Waals surface area contributed by atoms with Crippen LogP contribution in [0.4, 0.5) is 17.3 Å². The van der Waals surface area contributed by atoms with E-state index in [0.29, 0.717) is 78.8 Å². The molecule has 4 aliphatic carbocycles. The van der Waals surface area contributed by atoms with Crippen molar-refractivity contribution in [2.24, 2.45) is 0 Å². The van der Waals surface area contributed by atoms with Crippen molar-refractivity contribution in [2.45, 2.75) is 244 Å². The summed E-state index contributed by atoms with van der Waals surface area (Å²) in [6, 6.07) is 33.8. The summed E-state index contributed by atoms with van der Waals surface area (Å²) < 4.78 is 122. The van der Waals surface area contributed by atoms with Crippen LogP contribution in [0.3, 0.4) is 0 Å². The van der Waals surface area contributed by atoms with E-state index in [4.69, 9.17) is 29.2 Å². The fraction of sp³-hybridized carbons (Fsp3) is 0.529. The zero-order chi connectivity index (χ0) is 102. The number of methoxy groups -OCH3 is 2. The number of carbonyl (C=O) groups is 4. The first kappa shape index (κ1) is 106. The summed E-state index contributed by atoms with van der Waals surface area (Å²) in [6.07, 6.45) is 21.6. The summed E-state index contributed by atoms with van der Waals surface area (Å²) in [7, 11) is 3.72. The quantitative estimate of drug-likeness (QED) is 0.0216. The molecule has 9 aliphatic rings. The van der Waals surface area contributed by atoms with E-state index in [1.165, 1.54) is 42.7 Å². The SMILES string of the molecule is CN(C)C(On1nnc2ccccc21)=[N+](C)C.CN1CCOCC1.COc1ccc2c(c1)C=C(c1c(C(=O)N3C[C@@H](C)N(C)[C@@H](C)C3)c(C)nn1C1CCC1)Cn1c-2c(C2CCCCC2)c2ccc(C(=O)NS(=O)(=O)C(C)C)cc21.COc1ccc2c(c1)C=C(c1c(C(=O)O)c(C)nn1C1CCC1)Cn1c-2c(C2CCCCC2)c2ccc(C(=O)NS(=O)(=O)C(C)C)cc21.C[C@@H]1CNC[C@H](C)N1C.F[B-](F)(F)F. The molecule has 4 atom stereocenters. The molecule has 4 N–H and O–H groups in total. The van der Waals surface area contributed by atoms with Gasteiger partial charge in [0.25, 0.3) is 17.7 Å². The summed E-state index contributed by atoms with van der Waals surface area (Å²) in [5.74, 6) is -0.275. The molecule has 768 valence electrons. The number of ether oxygens (including phenoxy) is 3. The molecule has 0 spiro atoms. The maximum Gasteiger partial charge on any atom is 0.673 e. The predicted octanol–water partition coefficient (Wildman–Crippen LogP) is 16.7. The van der Waals surface area contributed by atoms with Gasteiger partial charge in [-0.2, -0.15) is 10.2 Å². The molecule has 3 saturated heterocycles. The number of amidine groups is 1. The molecule has 10 heterocycles. The molecule has 7 fully saturated rings. The van der Waals surface area contributed by atoms with Crippen LogP contribution in [0.2, 0.25) is 0 Å². The number of carboxylic acids is 1. The van der Waals surface area contributed by atoms with Gasteiger partial charge in [-0.3, -0.25) is 38.4 Å². The number of carbonyl (C=O) groups excluding carboxylic acids is 3. The number of carboxylic acid groups (broad SMARTS) is 1. The standard InChI is InChI=1S/C44H56N6O5S.C37H42N4O6S.C11H16N5O.C7H16N2.C5H11NO.BF4/c1-26(2)56(53,54)46-43(51)31-16-18-37-38(22-31)49-25-33(20-32-21-35(55-7)17-19-36(32)42(49)40(37)30-12-9-8-10-13-30)41-39(29(5)45-50(41)34-14-11-15-34)44(52)48-23-27(3)47(6)28(4)24-48;1-21(2)48(45,46)39-36(42)24-13-15-30-31(19-24)40-20-26(34-32(37(43)44)22(3)38-41(34)27-11-8-12-27)17-25-18-28(47-4)14-16-29(25)35(40)33(30)23-9-6-5-7-10-23;1-14(2)11(15(3)4)17-16-10-8-6-5-7-9(10)12-13-16;1-6-4-8-5-7(2)9(6)3;1-6-2-4-7-5-3-6;2-1(3,4)5/h16-22,26-28,30,34H,8-15,23-25H2,1-7H3,(H,46,51);13-19,21,23,27H,5-12,20H2,1-4H3,(H,39,42)(H,43,44);5-8H,1-4H3;6-8H,4-5H2,1-3H3;2-5H2,1H3;/q;;+1;;;-1/t27-,28+;;;6-,7+;;. The third kappa shape index (κ3) is 23.8. The number of sulfonamides is 2. The van der Waals surface area contributed by atoms with Gasteiger partial charge in [-0.1, -0.05) is 67.6 Å². The average molecular weight is 2000 g/mol. The van der Waals surface area contributed by atoms with Gasteiger partial charge < -0.3 is 60.8 Å². The monoisotopic (exact) mass is 2000 g/mol. The number of fused-ring (bicyclic) bond motifs is 11. The second-order valence-electron chi connectivity index (χ2n) is 40.2. The molecule has 5 aliphatic heterocycles. The van der Waals surface area contributed by atoms with E-state index in [9.17, 15) is 58.4 Å². The van der Waals surface area contributed by atoms with Gasteiger partial charge in [-0.25, -0.2) is 40.5 Å². The molecule has 0 bridgehead atoms. The number of halogens is 4. The lowest BCUT2D eigenvalue weighted by molar-refractivity contribution is -0.480. The predicted molar refractivity (Wildman–Crippen MR) is 551 cm³/mol. The molecule has 0 radical (unpaired) electrons. The Kier molecular flexibility index (Phi) is 34.0. The number of benzene rings is 5. The first-order valence-electron chi connectivity index (χ1n) is 49.9. The maximum absolute atomic E-state index is 14.9. The first-order chi connectivity index (χ1) is 67.4. The van der Waals surface area contributed by atoms with Gasteiger partial charge in [0.2, 0.25) is 20.0 Å². The van der Waals surface area contributed by atoms with E-state index in [0.717, 1.165) is 224 Å². The van der Waals surface area contributed by atoms with Crippen LogP contribution in [0.25, 0.3) is 78.7 Å². The van der Waals surface area contributed by atoms with Crippen LogP contribution in [0.1, 0.15) is 269 Å². The van der Waals surface area contributed by atoms with Gasteiger partial charge in [0, 0.05) is 107 Å². The molecular formula is C104H141BF4N18O13S2. The molecule has 5 aromatic heterocycles. The Hall–Kier alpha value is -11.3. The second-order valence-corrected chi connectivity index (χ2v) is 44.7. The molecule has 38 heteroatoms. The number of aromatic carboxylic acids is 1. The lowest BCUT2D eigenvalue weighted by Crippen LogP contribution is -2.56. The molecule has 142 heavy (non-hydrogen) atoms. The van der Waals surface area contributed by atoms with Crippen LogP contribution in [0.15, 0.2) is 97.1 Å². The zero-order valence-electron chi connectivity index (χ0n) is 85.5. The van der Waals surface area contributed by atoms with Gasteiger partial charge in [0.05, 0.1) is 131 Å². The van der Waals surface area contributed by atoms with Crippen molar-refractivity contribution in [3.8, 4) is 34.0 Å². The number of likely N-dealkylation sites (N-methyl/N-ethyl adjacent to an activating group) is 3. The highest BCUT2D eigenvalue weighted by Gasteiger charge is 2.41. The Morgan fingerprint density at radius 3 is 1.38 bits per heavy atom. The lowest BCUT2D eigenvalue weighted by atomic mass is 9.81. The molecule has 3 amide bonds. The van der Waals surface area contributed by atoms with E-state index in [1.807, 2.05) is 115 Å². The van der Waals surface area contributed by atoms with E-state index in [-0.39, 0.29) is 46.8 Å². The topological polar surface area (TPSA) is 325 Å². The fourth-order valence-corrected chi connectivity index (χ4v) is 21.7. The van der Waals surface area contributed by atoms with Crippen LogP contribution < -0.4 is 29.1 Å². The molecule has 10 aromatic rings. The van der Waals surface area contributed by atoms with Crippen LogP contribution >= 0.6 is 0 Å². The third-order valence-electron chi connectivity index (χ3n) is 29.3. The van der Waals surface area contributed by atoms with Gasteiger partial charge in [0.1, 0.15) is 28.1 Å². The minimum absolute atomic E-state index is 0.0108. The number of nitrogens with one attached hydrogen (secondary N) is 3. The molecule has 19 rings (SSSR count). The van der Waals surface area contributed by atoms with Crippen LogP contribution in [0, 0.1) is 13.8 Å². The van der Waals surface area contributed by atoms with Crippen molar-refractivity contribution in [1.82, 2.24) is 83.1 Å². The largest absolute Gasteiger partial charge is 0.673 e. The van der Waals surface area contributed by atoms with Crippen LogP contribution in [0.5, 0.6) is 11.5 Å². The number of aryl methyl sites for hydroxylation is 2. The normalized spacial score (nSPS) is 19.4. The minimum Gasteiger partial charge on any atom is -0.497 e. The molecular weight excluding hydrogens is 1860 g/mol. The minimum atomic E-state index is -6.00. The third-order valence-corrected chi connectivity index (χ3v) is 32.7. The number of para-hydroxylation sites is 1. The zero-order valence-corrected chi connectivity index (χ0v) is 87.1. The first-order valence-corrected chi connectivity index (χ1v) is 53.0. The highest BCUT2D eigenvalue weighted by Crippen LogP contribution is 2.52. The Bertz CT molecular complexity index is 6580. The number of aromatic nitrogens is 9. The summed E-state index contributed by atoms with van der Waals surface area (Å²) in [6.45, 7) is 27.1. The number of morpholine rings is 1. The number of hydrogen-bond donors (Lipinski definition) is 4. The number of nitrogens with zero attached hydrogens (tertiary/aromatic N) is 15. The number of allylic oxidation sites excluding steroid dienone is 2. The Morgan fingerprint density at radius 2 is 0.993 bits per heavy atom. The number of rotatable bonds is 17. The Labute approximate surface area is 831 Å². The molecule has 31 nitrogen and oxygen atoms in total. The summed E-state index contributed by atoms with van der Waals surface area (Å²) >= 11 is 0. The van der Waals surface area contributed by atoms with Gasteiger partial charge >= 0.3 is 19.2 Å². The Morgan fingerprint density at radius 1 is 0.563 bits per heavy atom. The smallest absolute Gasteiger partial charge is 0.497 e. The summed E-state index contributed by atoms with van der Waals surface area (Å²) in [4.78, 5) is 72.8. The van der Waals surface area contributed by atoms with Crippen molar-refractivity contribution < 1.29 is 82.0 Å². The van der Waals surface area contributed by atoms with Crippen LogP contribution in [-0.2, 0) is 37.9 Å².